The number of nitrogens with one attached hydrogen (secondary N) is 1. The maximum Gasteiger partial charge on any atom is 0.345 e. The summed E-state index contributed by atoms with van der Waals surface area (Å²) in [5, 5.41) is 13.0. The maximum absolute atomic E-state index is 12.0. The summed E-state index contributed by atoms with van der Waals surface area (Å²) in [6.07, 6.45) is 1.10. The quantitative estimate of drug-likeness (QED) is 0.362. The Balaban J connectivity index is 2.20. The minimum absolute atomic E-state index is 0.133. The summed E-state index contributed by atoms with van der Waals surface area (Å²) >= 11 is 2.85. The molecule has 2 aromatic rings. The predicted molar refractivity (Wildman–Crippen MR) is 80.3 cm³/mol. The third-order valence-corrected chi connectivity index (χ3v) is 3.69. The molecule has 2 rings (SSSR count). The smallest absolute Gasteiger partial charge is 0.345 e. The van der Waals surface area contributed by atoms with Gasteiger partial charge in [-0.1, -0.05) is 0 Å². The third-order valence-electron chi connectivity index (χ3n) is 2.15. The minimum atomic E-state index is -0.562. The number of hydrogen-bond donors (Lipinski definition) is 2. The zero-order valence-corrected chi connectivity index (χ0v) is 12.3. The van der Waals surface area contributed by atoms with Crippen molar-refractivity contribution in [3.8, 4) is 0 Å². The molecule has 98 valence electrons. The molecule has 0 aliphatic rings. The number of carbonyl (C=O) groups is 1. The Morgan fingerprint density at radius 3 is 2.89 bits per heavy atom. The average Bonchev–Trinajstić information content (AvgIpc) is 2.80. The molecule has 0 atom stereocenters. The number of aromatic nitrogens is 1. The Labute approximate surface area is 125 Å². The molecule has 1 aromatic heterocycles. The number of rotatable bonds is 3. The molecule has 1 amide bonds. The molecule has 0 fully saturated rings. The fourth-order valence-corrected chi connectivity index (χ4v) is 2.42. The molecule has 9 heteroatoms. The molecular weight excluding hydrogens is 383 g/mol. The van der Waals surface area contributed by atoms with Gasteiger partial charge in [-0.15, -0.1) is 0 Å². The summed E-state index contributed by atoms with van der Waals surface area (Å²) < 4.78 is 0.863. The van der Waals surface area contributed by atoms with Gasteiger partial charge < -0.3 is 5.73 Å². The highest BCUT2D eigenvalue weighted by Crippen LogP contribution is 2.26. The minimum Gasteiger partial charge on any atom is -0.398 e. The first-order valence-electron chi connectivity index (χ1n) is 4.94. The van der Waals surface area contributed by atoms with Gasteiger partial charge in [0, 0.05) is 9.26 Å². The molecule has 0 aliphatic heterocycles. The molecule has 0 bridgehead atoms. The summed E-state index contributed by atoms with van der Waals surface area (Å²) in [6.45, 7) is 0. The summed E-state index contributed by atoms with van der Waals surface area (Å²) in [7, 11) is 0. The number of benzene rings is 1. The van der Waals surface area contributed by atoms with Gasteiger partial charge in [-0.05, 0) is 52.1 Å². The summed E-state index contributed by atoms with van der Waals surface area (Å²) in [6, 6.07) is 5.04. The lowest BCUT2D eigenvalue weighted by Crippen LogP contribution is -2.14. The number of halogens is 1. The highest BCUT2D eigenvalue weighted by molar-refractivity contribution is 14.1. The van der Waals surface area contributed by atoms with Gasteiger partial charge in [0.05, 0.1) is 10.5 Å². The van der Waals surface area contributed by atoms with Crippen molar-refractivity contribution in [1.82, 2.24) is 4.98 Å². The van der Waals surface area contributed by atoms with Crippen LogP contribution in [0.3, 0.4) is 0 Å². The summed E-state index contributed by atoms with van der Waals surface area (Å²) in [4.78, 5) is 25.7. The van der Waals surface area contributed by atoms with E-state index in [9.17, 15) is 14.9 Å². The third kappa shape index (κ3) is 3.17. The Hall–Kier alpha value is -1.75. The van der Waals surface area contributed by atoms with Gasteiger partial charge in [-0.2, -0.15) is 0 Å². The zero-order valence-electron chi connectivity index (χ0n) is 9.29. The van der Waals surface area contributed by atoms with E-state index >= 15 is 0 Å². The van der Waals surface area contributed by atoms with Crippen molar-refractivity contribution < 1.29 is 9.72 Å². The van der Waals surface area contributed by atoms with E-state index in [-0.39, 0.29) is 10.1 Å². The number of nitrogen functional groups attached to an aromatic ring is 1. The van der Waals surface area contributed by atoms with E-state index in [2.05, 4.69) is 32.9 Å². The molecule has 0 unspecified atom stereocenters. The fourth-order valence-electron chi connectivity index (χ4n) is 1.30. The monoisotopic (exact) mass is 390 g/mol. The molecule has 1 aromatic carbocycles. The molecule has 0 spiro atoms. The lowest BCUT2D eigenvalue weighted by molar-refractivity contribution is -0.380. The van der Waals surface area contributed by atoms with Crippen LogP contribution in [-0.2, 0) is 0 Å². The van der Waals surface area contributed by atoms with Crippen LogP contribution in [0.4, 0.5) is 15.8 Å². The summed E-state index contributed by atoms with van der Waals surface area (Å²) in [5.41, 5.74) is 6.36. The van der Waals surface area contributed by atoms with Gasteiger partial charge in [-0.25, -0.2) is 4.98 Å². The van der Waals surface area contributed by atoms with E-state index < -0.39 is 10.8 Å². The van der Waals surface area contributed by atoms with Crippen molar-refractivity contribution in [2.45, 2.75) is 0 Å². The molecular formula is C10H7IN4O3S. The Kier molecular flexibility index (Phi) is 3.95. The van der Waals surface area contributed by atoms with Crippen molar-refractivity contribution in [3.63, 3.8) is 0 Å². The molecule has 3 N–H and O–H groups in total. The first-order chi connectivity index (χ1) is 8.97. The van der Waals surface area contributed by atoms with Crippen molar-refractivity contribution in [2.24, 2.45) is 0 Å². The number of anilines is 2. The molecule has 19 heavy (non-hydrogen) atoms. The SMILES string of the molecule is Nc1ccc(I)cc1C(=O)Nc1ncc([N+](=O)[O-])s1. The first kappa shape index (κ1) is 13.7. The van der Waals surface area contributed by atoms with E-state index in [0.29, 0.717) is 11.3 Å². The molecule has 7 nitrogen and oxygen atoms in total. The molecule has 0 saturated heterocycles. The van der Waals surface area contributed by atoms with Gasteiger partial charge >= 0.3 is 5.00 Å². The fraction of sp³-hybridized carbons (Fsp3) is 0. The largest absolute Gasteiger partial charge is 0.398 e. The van der Waals surface area contributed by atoms with Crippen LogP contribution < -0.4 is 11.1 Å². The second-order valence-corrected chi connectivity index (χ2v) is 5.70. The highest BCUT2D eigenvalue weighted by atomic mass is 127. The summed E-state index contributed by atoms with van der Waals surface area (Å²) in [5.74, 6) is -0.444. The van der Waals surface area contributed by atoms with Gasteiger partial charge in [0.2, 0.25) is 0 Å². The maximum atomic E-state index is 12.0. The van der Waals surface area contributed by atoms with Gasteiger partial charge in [0.25, 0.3) is 5.91 Å². The van der Waals surface area contributed by atoms with Crippen LogP contribution in [0.1, 0.15) is 10.4 Å². The van der Waals surface area contributed by atoms with Crippen molar-refractivity contribution in [1.29, 1.82) is 0 Å². The Morgan fingerprint density at radius 1 is 1.53 bits per heavy atom. The van der Waals surface area contributed by atoms with Crippen LogP contribution in [-0.4, -0.2) is 15.8 Å². The van der Waals surface area contributed by atoms with Gasteiger partial charge in [-0.3, -0.25) is 20.2 Å². The number of carbonyl (C=O) groups excluding carboxylic acids is 1. The van der Waals surface area contributed by atoms with Crippen LogP contribution in [0.2, 0.25) is 0 Å². The van der Waals surface area contributed by atoms with Gasteiger partial charge in [0.1, 0.15) is 6.20 Å². The van der Waals surface area contributed by atoms with Crippen LogP contribution in [0.25, 0.3) is 0 Å². The van der Waals surface area contributed by atoms with Crippen LogP contribution in [0, 0.1) is 13.7 Å². The normalized spacial score (nSPS) is 10.2. The van der Waals surface area contributed by atoms with Crippen LogP contribution in [0.5, 0.6) is 0 Å². The number of nitrogens with two attached hydrogens (primary N) is 1. The topological polar surface area (TPSA) is 111 Å². The number of nitrogens with zero attached hydrogens (tertiary/aromatic N) is 2. The highest BCUT2D eigenvalue weighted by Gasteiger charge is 2.16. The number of hydrogen-bond acceptors (Lipinski definition) is 6. The second-order valence-electron chi connectivity index (χ2n) is 3.45. The van der Waals surface area contributed by atoms with Crippen molar-refractivity contribution >= 4 is 55.7 Å². The van der Waals surface area contributed by atoms with Crippen LogP contribution >= 0.6 is 33.9 Å². The van der Waals surface area contributed by atoms with Crippen molar-refractivity contribution in [2.75, 3.05) is 11.1 Å². The lowest BCUT2D eigenvalue weighted by Gasteiger charge is -2.05. The number of nitro groups is 1. The molecule has 1 heterocycles. The molecule has 0 saturated carbocycles. The van der Waals surface area contributed by atoms with Gasteiger partial charge in [0.15, 0.2) is 5.13 Å². The second kappa shape index (κ2) is 5.48. The standard InChI is InChI=1S/C10H7IN4O3S/c11-5-1-2-7(12)6(3-5)9(16)14-10-13-4-8(19-10)15(17)18/h1-4H,12H2,(H,13,14,16). The molecule has 0 radical (unpaired) electrons. The lowest BCUT2D eigenvalue weighted by atomic mass is 10.2. The predicted octanol–water partition coefficient (Wildman–Crippen LogP) is 2.49. The number of thiazole rings is 1. The Bertz CT molecular complexity index is 658. The molecule has 0 aliphatic carbocycles. The van der Waals surface area contributed by atoms with E-state index in [4.69, 9.17) is 5.73 Å². The van der Waals surface area contributed by atoms with E-state index in [0.717, 1.165) is 21.1 Å². The Morgan fingerprint density at radius 2 is 2.26 bits per heavy atom. The van der Waals surface area contributed by atoms with Crippen LogP contribution in [0.15, 0.2) is 24.4 Å². The number of amides is 1. The van der Waals surface area contributed by atoms with E-state index in [1.807, 2.05) is 0 Å². The van der Waals surface area contributed by atoms with E-state index in [1.165, 1.54) is 0 Å². The van der Waals surface area contributed by atoms with Crippen molar-refractivity contribution in [3.05, 3.63) is 43.6 Å². The van der Waals surface area contributed by atoms with E-state index in [1.54, 1.807) is 18.2 Å². The average molecular weight is 390 g/mol. The first-order valence-corrected chi connectivity index (χ1v) is 6.83. The zero-order chi connectivity index (χ0) is 14.0.